The van der Waals surface area contributed by atoms with Crippen molar-refractivity contribution >= 4 is 11.6 Å². The van der Waals surface area contributed by atoms with Gasteiger partial charge in [0.05, 0.1) is 12.2 Å². The third-order valence-electron chi connectivity index (χ3n) is 3.54. The Bertz CT molecular complexity index is 407. The predicted molar refractivity (Wildman–Crippen MR) is 74.4 cm³/mol. The van der Waals surface area contributed by atoms with Crippen molar-refractivity contribution in [2.24, 2.45) is 0 Å². The summed E-state index contributed by atoms with van der Waals surface area (Å²) in [6.45, 7) is 2.22. The standard InChI is InChI=1S/C13H22N4O2/c1-9(18)7-14-12-6-13(16-8-15-12)17(2)10-4-11(5-10)19-3/h6,8-11,18H,4-5,7H2,1-3H3,(H,14,15,16). The number of rotatable bonds is 6. The maximum atomic E-state index is 9.25. The van der Waals surface area contributed by atoms with E-state index in [1.807, 2.05) is 13.1 Å². The maximum absolute atomic E-state index is 9.25. The SMILES string of the molecule is COC1CC(N(C)c2cc(NCC(C)O)ncn2)C1. The van der Waals surface area contributed by atoms with Crippen LogP contribution in [0.15, 0.2) is 12.4 Å². The molecule has 2 N–H and O–H groups in total. The molecule has 1 aliphatic rings. The quantitative estimate of drug-likeness (QED) is 0.796. The van der Waals surface area contributed by atoms with Gasteiger partial charge < -0.3 is 20.1 Å². The normalized spacial score (nSPS) is 23.6. The lowest BCUT2D eigenvalue weighted by Crippen LogP contribution is -2.46. The molecule has 1 aromatic rings. The van der Waals surface area contributed by atoms with Gasteiger partial charge in [0.15, 0.2) is 0 Å². The number of anilines is 2. The van der Waals surface area contributed by atoms with Gasteiger partial charge in [-0.2, -0.15) is 0 Å². The third-order valence-corrected chi connectivity index (χ3v) is 3.54. The lowest BCUT2D eigenvalue weighted by atomic mass is 9.88. The fourth-order valence-corrected chi connectivity index (χ4v) is 2.12. The molecule has 0 spiro atoms. The molecule has 1 fully saturated rings. The summed E-state index contributed by atoms with van der Waals surface area (Å²) in [5.41, 5.74) is 0. The molecular weight excluding hydrogens is 244 g/mol. The van der Waals surface area contributed by atoms with Crippen molar-refractivity contribution in [3.8, 4) is 0 Å². The van der Waals surface area contributed by atoms with Gasteiger partial charge in [-0.05, 0) is 19.8 Å². The third kappa shape index (κ3) is 3.54. The molecule has 2 rings (SSSR count). The van der Waals surface area contributed by atoms with Crippen molar-refractivity contribution in [3.05, 3.63) is 12.4 Å². The number of hydrogen-bond donors (Lipinski definition) is 2. The molecule has 1 heterocycles. The minimum atomic E-state index is -0.398. The molecule has 1 aliphatic carbocycles. The number of ether oxygens (including phenoxy) is 1. The van der Waals surface area contributed by atoms with Crippen molar-refractivity contribution in [2.45, 2.75) is 38.0 Å². The molecule has 1 atom stereocenters. The van der Waals surface area contributed by atoms with Gasteiger partial charge >= 0.3 is 0 Å². The zero-order chi connectivity index (χ0) is 13.8. The van der Waals surface area contributed by atoms with Gasteiger partial charge in [0.2, 0.25) is 0 Å². The minimum absolute atomic E-state index is 0.377. The molecule has 0 aliphatic heterocycles. The summed E-state index contributed by atoms with van der Waals surface area (Å²) in [6, 6.07) is 2.38. The number of nitrogens with zero attached hydrogens (tertiary/aromatic N) is 3. The molecule has 106 valence electrons. The zero-order valence-corrected chi connectivity index (χ0v) is 11.7. The van der Waals surface area contributed by atoms with Gasteiger partial charge in [0.25, 0.3) is 0 Å². The van der Waals surface area contributed by atoms with Crippen LogP contribution in [0.25, 0.3) is 0 Å². The highest BCUT2D eigenvalue weighted by atomic mass is 16.5. The Morgan fingerprint density at radius 3 is 2.89 bits per heavy atom. The predicted octanol–water partition coefficient (Wildman–Crippen LogP) is 0.883. The van der Waals surface area contributed by atoms with Gasteiger partial charge in [-0.3, -0.25) is 0 Å². The van der Waals surface area contributed by atoms with Gasteiger partial charge in [-0.25, -0.2) is 9.97 Å². The number of nitrogens with one attached hydrogen (secondary N) is 1. The first-order chi connectivity index (χ1) is 9.10. The van der Waals surface area contributed by atoms with Crippen molar-refractivity contribution in [1.82, 2.24) is 9.97 Å². The van der Waals surface area contributed by atoms with E-state index in [0.29, 0.717) is 18.7 Å². The van der Waals surface area contributed by atoms with Crippen LogP contribution < -0.4 is 10.2 Å². The molecule has 6 heteroatoms. The molecule has 0 radical (unpaired) electrons. The monoisotopic (exact) mass is 266 g/mol. The van der Waals surface area contributed by atoms with E-state index in [2.05, 4.69) is 20.2 Å². The summed E-state index contributed by atoms with van der Waals surface area (Å²) in [4.78, 5) is 10.6. The zero-order valence-electron chi connectivity index (χ0n) is 11.7. The number of aliphatic hydroxyl groups excluding tert-OH is 1. The second kappa shape index (κ2) is 6.16. The highest BCUT2D eigenvalue weighted by Gasteiger charge is 2.32. The van der Waals surface area contributed by atoms with Crippen LogP contribution in [-0.4, -0.2) is 54.0 Å². The van der Waals surface area contributed by atoms with Crippen LogP contribution in [0.5, 0.6) is 0 Å². The van der Waals surface area contributed by atoms with Crippen molar-refractivity contribution in [3.63, 3.8) is 0 Å². The molecule has 1 aromatic heterocycles. The Labute approximate surface area is 113 Å². The number of aromatic nitrogens is 2. The Morgan fingerprint density at radius 1 is 1.53 bits per heavy atom. The largest absolute Gasteiger partial charge is 0.392 e. The average molecular weight is 266 g/mol. The van der Waals surface area contributed by atoms with Gasteiger partial charge in [-0.1, -0.05) is 0 Å². The lowest BCUT2D eigenvalue weighted by Gasteiger charge is -2.40. The number of hydrogen-bond acceptors (Lipinski definition) is 6. The van der Waals surface area contributed by atoms with Gasteiger partial charge in [-0.15, -0.1) is 0 Å². The van der Waals surface area contributed by atoms with E-state index in [1.165, 1.54) is 0 Å². The number of aliphatic hydroxyl groups is 1. The van der Waals surface area contributed by atoms with E-state index in [4.69, 9.17) is 4.74 Å². The van der Waals surface area contributed by atoms with E-state index in [1.54, 1.807) is 20.4 Å². The highest BCUT2D eigenvalue weighted by molar-refractivity contribution is 5.49. The molecule has 0 bridgehead atoms. The lowest BCUT2D eigenvalue weighted by molar-refractivity contribution is 0.0264. The van der Waals surface area contributed by atoms with Crippen LogP contribution >= 0.6 is 0 Å². The van der Waals surface area contributed by atoms with Crippen molar-refractivity contribution < 1.29 is 9.84 Å². The Morgan fingerprint density at radius 2 is 2.26 bits per heavy atom. The Balaban J connectivity index is 1.94. The fraction of sp³-hybridized carbons (Fsp3) is 0.692. The molecule has 0 amide bonds. The number of methoxy groups -OCH3 is 1. The minimum Gasteiger partial charge on any atom is -0.392 e. The summed E-state index contributed by atoms with van der Waals surface area (Å²) in [5, 5.41) is 12.3. The van der Waals surface area contributed by atoms with Crippen molar-refractivity contribution in [1.29, 1.82) is 0 Å². The summed E-state index contributed by atoms with van der Waals surface area (Å²) in [5.74, 6) is 1.63. The van der Waals surface area contributed by atoms with Crippen LogP contribution in [0.1, 0.15) is 19.8 Å². The molecular formula is C13H22N4O2. The van der Waals surface area contributed by atoms with Crippen LogP contribution in [-0.2, 0) is 4.74 Å². The smallest absolute Gasteiger partial charge is 0.134 e. The summed E-state index contributed by atoms with van der Waals surface area (Å²) in [7, 11) is 3.79. The highest BCUT2D eigenvalue weighted by Crippen LogP contribution is 2.29. The van der Waals surface area contributed by atoms with Gasteiger partial charge in [0, 0.05) is 32.8 Å². The molecule has 1 unspecified atom stereocenters. The summed E-state index contributed by atoms with van der Waals surface area (Å²) >= 11 is 0. The Kier molecular flexibility index (Phi) is 4.55. The molecule has 19 heavy (non-hydrogen) atoms. The van der Waals surface area contributed by atoms with Crippen LogP contribution in [0.2, 0.25) is 0 Å². The summed E-state index contributed by atoms with van der Waals surface area (Å²) in [6.07, 6.45) is 3.59. The molecule has 6 nitrogen and oxygen atoms in total. The van der Waals surface area contributed by atoms with E-state index in [9.17, 15) is 5.11 Å². The van der Waals surface area contributed by atoms with E-state index in [-0.39, 0.29) is 0 Å². The van der Waals surface area contributed by atoms with Crippen LogP contribution in [0.3, 0.4) is 0 Å². The molecule has 0 saturated heterocycles. The first-order valence-electron chi connectivity index (χ1n) is 6.59. The second-order valence-electron chi connectivity index (χ2n) is 5.09. The average Bonchev–Trinajstić information content (AvgIpc) is 2.35. The van der Waals surface area contributed by atoms with Crippen LogP contribution in [0, 0.1) is 0 Å². The first kappa shape index (κ1) is 14.0. The van der Waals surface area contributed by atoms with Crippen LogP contribution in [0.4, 0.5) is 11.6 Å². The fourth-order valence-electron chi connectivity index (χ4n) is 2.12. The van der Waals surface area contributed by atoms with Crippen molar-refractivity contribution in [2.75, 3.05) is 30.9 Å². The molecule has 0 aromatic carbocycles. The maximum Gasteiger partial charge on any atom is 0.134 e. The molecule has 1 saturated carbocycles. The van der Waals surface area contributed by atoms with E-state index >= 15 is 0 Å². The first-order valence-corrected chi connectivity index (χ1v) is 6.59. The second-order valence-corrected chi connectivity index (χ2v) is 5.09. The topological polar surface area (TPSA) is 70.5 Å². The van der Waals surface area contributed by atoms with E-state index in [0.717, 1.165) is 24.5 Å². The summed E-state index contributed by atoms with van der Waals surface area (Å²) < 4.78 is 5.29. The van der Waals surface area contributed by atoms with E-state index < -0.39 is 6.10 Å². The van der Waals surface area contributed by atoms with Gasteiger partial charge in [0.1, 0.15) is 18.0 Å². The Hall–Kier alpha value is -1.40.